The van der Waals surface area contributed by atoms with Crippen LogP contribution in [0.3, 0.4) is 0 Å². The summed E-state index contributed by atoms with van der Waals surface area (Å²) in [5.41, 5.74) is 1.30. The van der Waals surface area contributed by atoms with Crippen LogP contribution in [0.15, 0.2) is 53.3 Å². The minimum absolute atomic E-state index is 0.307. The van der Waals surface area contributed by atoms with Gasteiger partial charge in [0.25, 0.3) is 0 Å². The first-order chi connectivity index (χ1) is 9.18. The largest absolute Gasteiger partial charge is 0.503 e. The van der Waals surface area contributed by atoms with Gasteiger partial charge in [-0.15, -0.1) is 0 Å². The highest BCUT2D eigenvalue weighted by atomic mass is 35.5. The minimum atomic E-state index is -0.460. The zero-order valence-corrected chi connectivity index (χ0v) is 10.6. The molecule has 4 heteroatoms. The molecule has 1 aromatic heterocycles. The monoisotopic (exact) mass is 271 g/mol. The van der Waals surface area contributed by atoms with Crippen molar-refractivity contribution in [2.24, 2.45) is 0 Å². The summed E-state index contributed by atoms with van der Waals surface area (Å²) in [6.45, 7) is 0. The Balaban J connectivity index is 2.41. The lowest BCUT2D eigenvalue weighted by Crippen LogP contribution is -2.05. The SMILES string of the molecule is O=c1c(O)c(-c2ccccc2)[nH]c2cccc(Cl)c12. The summed E-state index contributed by atoms with van der Waals surface area (Å²) in [7, 11) is 0. The highest BCUT2D eigenvalue weighted by Gasteiger charge is 2.14. The molecule has 2 aromatic carbocycles. The molecule has 0 unspecified atom stereocenters. The molecule has 0 aliphatic carbocycles. The fraction of sp³-hybridized carbons (Fsp3) is 0. The van der Waals surface area contributed by atoms with Gasteiger partial charge in [0.05, 0.1) is 21.6 Å². The Labute approximate surface area is 114 Å². The van der Waals surface area contributed by atoms with E-state index in [-0.39, 0.29) is 5.75 Å². The molecule has 0 saturated carbocycles. The zero-order chi connectivity index (χ0) is 13.4. The molecule has 0 saturated heterocycles. The van der Waals surface area contributed by atoms with Crippen molar-refractivity contribution in [2.75, 3.05) is 0 Å². The standard InChI is InChI=1S/C15H10ClNO2/c16-10-7-4-8-11-12(10)14(18)15(19)13(17-11)9-5-2-1-3-6-9/h1-8,19H,(H,17,18). The number of benzene rings is 2. The molecule has 1 heterocycles. The Morgan fingerprint density at radius 1 is 1.00 bits per heavy atom. The van der Waals surface area contributed by atoms with Crippen molar-refractivity contribution in [2.45, 2.75) is 0 Å². The fourth-order valence-corrected chi connectivity index (χ4v) is 2.36. The normalized spacial score (nSPS) is 10.8. The van der Waals surface area contributed by atoms with Gasteiger partial charge in [0.15, 0.2) is 5.75 Å². The number of aromatic amines is 1. The fourth-order valence-electron chi connectivity index (χ4n) is 2.10. The molecule has 3 rings (SSSR count). The number of pyridine rings is 1. The van der Waals surface area contributed by atoms with E-state index >= 15 is 0 Å². The lowest BCUT2D eigenvalue weighted by Gasteiger charge is -2.08. The molecule has 0 radical (unpaired) electrons. The van der Waals surface area contributed by atoms with E-state index in [1.165, 1.54) is 0 Å². The van der Waals surface area contributed by atoms with E-state index in [0.717, 1.165) is 5.56 Å². The van der Waals surface area contributed by atoms with Crippen molar-refractivity contribution in [1.29, 1.82) is 0 Å². The smallest absolute Gasteiger partial charge is 0.233 e. The number of fused-ring (bicyclic) bond motifs is 1. The summed E-state index contributed by atoms with van der Waals surface area (Å²) in [5, 5.41) is 10.7. The molecule has 94 valence electrons. The van der Waals surface area contributed by atoms with Crippen molar-refractivity contribution in [3.63, 3.8) is 0 Å². The van der Waals surface area contributed by atoms with Gasteiger partial charge in [-0.05, 0) is 12.1 Å². The second kappa shape index (κ2) is 4.44. The van der Waals surface area contributed by atoms with Crippen LogP contribution in [-0.4, -0.2) is 10.1 Å². The van der Waals surface area contributed by atoms with E-state index in [2.05, 4.69) is 4.98 Å². The number of nitrogens with one attached hydrogen (secondary N) is 1. The van der Waals surface area contributed by atoms with Gasteiger partial charge >= 0.3 is 0 Å². The average Bonchev–Trinajstić information content (AvgIpc) is 2.43. The van der Waals surface area contributed by atoms with Crippen LogP contribution in [-0.2, 0) is 0 Å². The third-order valence-corrected chi connectivity index (χ3v) is 3.33. The molecule has 3 nitrogen and oxygen atoms in total. The van der Waals surface area contributed by atoms with Crippen LogP contribution in [0, 0.1) is 0 Å². The molecule has 0 amide bonds. The van der Waals surface area contributed by atoms with Crippen molar-refractivity contribution < 1.29 is 5.11 Å². The van der Waals surface area contributed by atoms with Gasteiger partial charge in [-0.2, -0.15) is 0 Å². The number of halogens is 1. The Bertz CT molecular complexity index is 809. The molecule has 0 bridgehead atoms. The number of H-pyrrole nitrogens is 1. The van der Waals surface area contributed by atoms with Crippen LogP contribution < -0.4 is 5.43 Å². The van der Waals surface area contributed by atoms with E-state index in [9.17, 15) is 9.90 Å². The predicted molar refractivity (Wildman–Crippen MR) is 76.7 cm³/mol. The minimum Gasteiger partial charge on any atom is -0.503 e. The number of hydrogen-bond acceptors (Lipinski definition) is 2. The number of aromatic nitrogens is 1. The van der Waals surface area contributed by atoms with Crippen LogP contribution in [0.1, 0.15) is 0 Å². The van der Waals surface area contributed by atoms with E-state index in [1.54, 1.807) is 18.2 Å². The van der Waals surface area contributed by atoms with Gasteiger partial charge in [0.2, 0.25) is 5.43 Å². The van der Waals surface area contributed by atoms with Gasteiger partial charge in [-0.1, -0.05) is 48.0 Å². The molecular weight excluding hydrogens is 262 g/mol. The van der Waals surface area contributed by atoms with Gasteiger partial charge in [0.1, 0.15) is 0 Å². The van der Waals surface area contributed by atoms with E-state index in [4.69, 9.17) is 11.6 Å². The Morgan fingerprint density at radius 3 is 2.47 bits per heavy atom. The molecule has 2 N–H and O–H groups in total. The molecule has 19 heavy (non-hydrogen) atoms. The number of aromatic hydroxyl groups is 1. The van der Waals surface area contributed by atoms with E-state index in [0.29, 0.717) is 21.6 Å². The molecular formula is C15H10ClNO2. The first kappa shape index (κ1) is 11.8. The number of hydrogen-bond donors (Lipinski definition) is 2. The maximum atomic E-state index is 12.2. The highest BCUT2D eigenvalue weighted by Crippen LogP contribution is 2.28. The summed E-state index contributed by atoms with van der Waals surface area (Å²) in [5.74, 6) is -0.313. The third-order valence-electron chi connectivity index (χ3n) is 3.01. The lowest BCUT2D eigenvalue weighted by molar-refractivity contribution is 0.471. The van der Waals surface area contributed by atoms with Crippen molar-refractivity contribution in [3.05, 3.63) is 63.8 Å². The van der Waals surface area contributed by atoms with Crippen LogP contribution in [0.4, 0.5) is 0 Å². The average molecular weight is 272 g/mol. The Kier molecular flexibility index (Phi) is 2.76. The van der Waals surface area contributed by atoms with Crippen LogP contribution in [0.5, 0.6) is 5.75 Å². The highest BCUT2D eigenvalue weighted by molar-refractivity contribution is 6.35. The first-order valence-corrected chi connectivity index (χ1v) is 6.15. The molecule has 3 aromatic rings. The number of rotatable bonds is 1. The van der Waals surface area contributed by atoms with Gasteiger partial charge in [-0.25, -0.2) is 0 Å². The summed E-state index contributed by atoms with van der Waals surface area (Å²) in [6.07, 6.45) is 0. The van der Waals surface area contributed by atoms with Crippen molar-refractivity contribution in [1.82, 2.24) is 4.98 Å². The lowest BCUT2D eigenvalue weighted by atomic mass is 10.1. The summed E-state index contributed by atoms with van der Waals surface area (Å²) >= 11 is 6.00. The summed E-state index contributed by atoms with van der Waals surface area (Å²) in [4.78, 5) is 15.2. The third kappa shape index (κ3) is 1.88. The van der Waals surface area contributed by atoms with Gasteiger partial charge < -0.3 is 10.1 Å². The Hall–Kier alpha value is -2.26. The Morgan fingerprint density at radius 2 is 1.74 bits per heavy atom. The molecule has 0 aliphatic heterocycles. The second-order valence-corrected chi connectivity index (χ2v) is 4.61. The van der Waals surface area contributed by atoms with E-state index < -0.39 is 5.43 Å². The van der Waals surface area contributed by atoms with Crippen LogP contribution in [0.25, 0.3) is 22.2 Å². The molecule has 0 spiro atoms. The summed E-state index contributed by atoms with van der Waals surface area (Å²) < 4.78 is 0. The van der Waals surface area contributed by atoms with Gasteiger partial charge in [0, 0.05) is 5.56 Å². The van der Waals surface area contributed by atoms with E-state index in [1.807, 2.05) is 30.3 Å². The first-order valence-electron chi connectivity index (χ1n) is 5.77. The molecule has 0 fully saturated rings. The van der Waals surface area contributed by atoms with Gasteiger partial charge in [-0.3, -0.25) is 4.79 Å². The predicted octanol–water partition coefficient (Wildman–Crippen LogP) is 3.55. The van der Waals surface area contributed by atoms with Crippen molar-refractivity contribution >= 4 is 22.5 Å². The van der Waals surface area contributed by atoms with Crippen LogP contribution in [0.2, 0.25) is 5.02 Å². The zero-order valence-electron chi connectivity index (χ0n) is 9.85. The molecule has 0 atom stereocenters. The maximum Gasteiger partial charge on any atom is 0.233 e. The summed E-state index contributed by atoms with van der Waals surface area (Å²) in [6, 6.07) is 14.3. The second-order valence-electron chi connectivity index (χ2n) is 4.21. The topological polar surface area (TPSA) is 53.1 Å². The quantitative estimate of drug-likeness (QED) is 0.711. The van der Waals surface area contributed by atoms with Crippen LogP contribution >= 0.6 is 11.6 Å². The van der Waals surface area contributed by atoms with Crippen molar-refractivity contribution in [3.8, 4) is 17.0 Å². The maximum absolute atomic E-state index is 12.2. The molecule has 0 aliphatic rings.